The minimum absolute atomic E-state index is 0.0457. The largest absolute Gasteiger partial charge is 0.391 e. The molecule has 0 saturated carbocycles. The number of thioether (sulfide) groups is 1. The molecule has 0 aliphatic rings. The Morgan fingerprint density at radius 1 is 1.21 bits per heavy atom. The van der Waals surface area contributed by atoms with Gasteiger partial charge in [0.05, 0.1) is 6.61 Å². The third kappa shape index (κ3) is 7.77. The van der Waals surface area contributed by atoms with Crippen LogP contribution in [0.2, 0.25) is 0 Å². The average Bonchev–Trinajstić information content (AvgIpc) is 2.46. The van der Waals surface area contributed by atoms with Crippen molar-refractivity contribution in [2.24, 2.45) is 0 Å². The summed E-state index contributed by atoms with van der Waals surface area (Å²) in [4.78, 5) is 2.03. The predicted octanol–water partition coefficient (Wildman–Crippen LogP) is 4.63. The van der Waals surface area contributed by atoms with E-state index in [0.29, 0.717) is 0 Å². The third-order valence-corrected chi connectivity index (χ3v) is 3.66. The van der Waals surface area contributed by atoms with Gasteiger partial charge in [0.2, 0.25) is 0 Å². The van der Waals surface area contributed by atoms with Crippen LogP contribution in [0.4, 0.5) is 0 Å². The quantitative estimate of drug-likeness (QED) is 0.444. The van der Waals surface area contributed by atoms with Crippen LogP contribution in [0.15, 0.2) is 46.2 Å². The summed E-state index contributed by atoms with van der Waals surface area (Å²) in [7, 11) is 0. The lowest BCUT2D eigenvalue weighted by atomic mass is 10.2. The Morgan fingerprint density at radius 3 is 2.68 bits per heavy atom. The molecule has 1 nitrogen and oxygen atoms in total. The molecule has 0 amide bonds. The molecule has 0 radical (unpaired) electrons. The summed E-state index contributed by atoms with van der Waals surface area (Å²) < 4.78 is 0. The minimum atomic E-state index is 0.0457. The Hall–Kier alpha value is -1.17. The standard InChI is InChI=1S/C17H22OS/c1-2-3-4-5-6-7-9-14-17(15-18)19-16-12-10-8-11-13-16/h8,10-14,18H,2-6,15H2,1H3/b17-14-. The second-order valence-electron chi connectivity index (χ2n) is 4.32. The highest BCUT2D eigenvalue weighted by Gasteiger charge is 1.97. The van der Waals surface area contributed by atoms with E-state index >= 15 is 0 Å². The molecule has 0 aliphatic heterocycles. The van der Waals surface area contributed by atoms with Crippen LogP contribution in [0, 0.1) is 11.8 Å². The molecule has 0 bridgehead atoms. The molecule has 1 aromatic rings. The van der Waals surface area contributed by atoms with Crippen molar-refractivity contribution in [2.45, 2.75) is 43.9 Å². The van der Waals surface area contributed by atoms with E-state index in [0.717, 1.165) is 16.2 Å². The lowest BCUT2D eigenvalue weighted by Gasteiger charge is -2.01. The van der Waals surface area contributed by atoms with E-state index in [1.54, 1.807) is 11.8 Å². The predicted molar refractivity (Wildman–Crippen MR) is 84.0 cm³/mol. The highest BCUT2D eigenvalue weighted by Crippen LogP contribution is 2.25. The van der Waals surface area contributed by atoms with Gasteiger partial charge in [-0.05, 0) is 18.6 Å². The van der Waals surface area contributed by atoms with Gasteiger partial charge < -0.3 is 5.11 Å². The minimum Gasteiger partial charge on any atom is -0.391 e. The topological polar surface area (TPSA) is 20.2 Å². The van der Waals surface area contributed by atoms with Crippen molar-refractivity contribution >= 4 is 11.8 Å². The van der Waals surface area contributed by atoms with Crippen LogP contribution in [0.25, 0.3) is 0 Å². The Kier molecular flexibility index (Phi) is 8.97. The monoisotopic (exact) mass is 274 g/mol. The van der Waals surface area contributed by atoms with E-state index in [-0.39, 0.29) is 6.61 Å². The van der Waals surface area contributed by atoms with Crippen molar-refractivity contribution in [3.63, 3.8) is 0 Å². The molecular formula is C17H22OS. The van der Waals surface area contributed by atoms with Gasteiger partial charge in [-0.25, -0.2) is 0 Å². The molecule has 0 atom stereocenters. The van der Waals surface area contributed by atoms with Crippen molar-refractivity contribution in [3.05, 3.63) is 41.3 Å². The highest BCUT2D eigenvalue weighted by atomic mass is 32.2. The number of hydrogen-bond acceptors (Lipinski definition) is 2. The molecule has 1 aromatic carbocycles. The summed E-state index contributed by atoms with van der Waals surface area (Å²) in [6.45, 7) is 2.26. The zero-order valence-corrected chi connectivity index (χ0v) is 12.4. The molecule has 0 aliphatic carbocycles. The molecule has 0 unspecified atom stereocenters. The fourth-order valence-electron chi connectivity index (χ4n) is 1.59. The smallest absolute Gasteiger partial charge is 0.0750 e. The third-order valence-electron chi connectivity index (χ3n) is 2.64. The van der Waals surface area contributed by atoms with E-state index in [1.165, 1.54) is 25.7 Å². The second-order valence-corrected chi connectivity index (χ2v) is 5.52. The summed E-state index contributed by atoms with van der Waals surface area (Å²) in [5, 5.41) is 9.30. The number of unbranched alkanes of at least 4 members (excludes halogenated alkanes) is 4. The average molecular weight is 274 g/mol. The number of benzene rings is 1. The number of aliphatic hydroxyl groups is 1. The lowest BCUT2D eigenvalue weighted by Crippen LogP contribution is -1.84. The van der Waals surface area contributed by atoms with E-state index in [9.17, 15) is 5.11 Å². The van der Waals surface area contributed by atoms with Crippen molar-refractivity contribution in [3.8, 4) is 11.8 Å². The summed E-state index contributed by atoms with van der Waals surface area (Å²) >= 11 is 1.57. The molecule has 2 heteroatoms. The summed E-state index contributed by atoms with van der Waals surface area (Å²) in [6, 6.07) is 10.1. The van der Waals surface area contributed by atoms with Gasteiger partial charge in [0.1, 0.15) is 0 Å². The summed E-state index contributed by atoms with van der Waals surface area (Å²) in [5.41, 5.74) is 0. The first-order chi connectivity index (χ1) is 9.36. The number of aliphatic hydroxyl groups excluding tert-OH is 1. The van der Waals surface area contributed by atoms with E-state index in [4.69, 9.17) is 0 Å². The maximum atomic E-state index is 9.30. The molecule has 0 spiro atoms. The molecular weight excluding hydrogens is 252 g/mol. The van der Waals surface area contributed by atoms with Crippen LogP contribution >= 0.6 is 11.8 Å². The molecule has 0 heterocycles. The molecule has 19 heavy (non-hydrogen) atoms. The fraction of sp³-hybridized carbons (Fsp3) is 0.412. The number of hydrogen-bond donors (Lipinski definition) is 1. The number of allylic oxidation sites excluding steroid dienone is 1. The van der Waals surface area contributed by atoms with E-state index in [2.05, 4.69) is 18.8 Å². The molecule has 0 saturated heterocycles. The fourth-order valence-corrected chi connectivity index (χ4v) is 2.37. The van der Waals surface area contributed by atoms with E-state index < -0.39 is 0 Å². The van der Waals surface area contributed by atoms with Crippen LogP contribution in [-0.4, -0.2) is 11.7 Å². The van der Waals surface area contributed by atoms with Gasteiger partial charge >= 0.3 is 0 Å². The maximum Gasteiger partial charge on any atom is 0.0750 e. The van der Waals surface area contributed by atoms with Gasteiger partial charge in [-0.2, -0.15) is 0 Å². The van der Waals surface area contributed by atoms with Gasteiger partial charge in [0, 0.05) is 22.3 Å². The Morgan fingerprint density at radius 2 is 2.00 bits per heavy atom. The summed E-state index contributed by atoms with van der Waals surface area (Å²) in [5.74, 6) is 6.18. The van der Waals surface area contributed by atoms with Gasteiger partial charge in [-0.1, -0.05) is 68.0 Å². The summed E-state index contributed by atoms with van der Waals surface area (Å²) in [6.07, 6.45) is 7.77. The van der Waals surface area contributed by atoms with Crippen LogP contribution < -0.4 is 0 Å². The molecule has 0 aromatic heterocycles. The Bertz CT molecular complexity index is 426. The lowest BCUT2D eigenvalue weighted by molar-refractivity contribution is 0.339. The second kappa shape index (κ2) is 10.7. The van der Waals surface area contributed by atoms with Crippen LogP contribution in [-0.2, 0) is 0 Å². The van der Waals surface area contributed by atoms with Gasteiger partial charge in [-0.15, -0.1) is 0 Å². The normalized spacial score (nSPS) is 10.9. The van der Waals surface area contributed by atoms with Crippen molar-refractivity contribution in [1.82, 2.24) is 0 Å². The van der Waals surface area contributed by atoms with Gasteiger partial charge in [0.15, 0.2) is 0 Å². The highest BCUT2D eigenvalue weighted by molar-refractivity contribution is 8.03. The maximum absolute atomic E-state index is 9.30. The van der Waals surface area contributed by atoms with Gasteiger partial charge in [-0.3, -0.25) is 0 Å². The first kappa shape index (κ1) is 15.9. The van der Waals surface area contributed by atoms with Crippen LogP contribution in [0.3, 0.4) is 0 Å². The van der Waals surface area contributed by atoms with Crippen LogP contribution in [0.5, 0.6) is 0 Å². The van der Waals surface area contributed by atoms with Gasteiger partial charge in [0.25, 0.3) is 0 Å². The SMILES string of the molecule is CCCCCCC#C/C=C(/CO)Sc1ccccc1. The van der Waals surface area contributed by atoms with Crippen molar-refractivity contribution < 1.29 is 5.11 Å². The van der Waals surface area contributed by atoms with E-state index in [1.807, 2.05) is 36.4 Å². The molecule has 1 rings (SSSR count). The molecule has 0 fully saturated rings. The zero-order chi connectivity index (χ0) is 13.8. The first-order valence-corrected chi connectivity index (χ1v) is 7.69. The zero-order valence-electron chi connectivity index (χ0n) is 11.6. The molecule has 1 N–H and O–H groups in total. The Balaban J connectivity index is 2.38. The Labute approximate surface area is 121 Å². The molecule has 102 valence electrons. The number of rotatable bonds is 7. The van der Waals surface area contributed by atoms with Crippen molar-refractivity contribution in [1.29, 1.82) is 0 Å². The van der Waals surface area contributed by atoms with Crippen molar-refractivity contribution in [2.75, 3.05) is 6.61 Å². The van der Waals surface area contributed by atoms with Crippen LogP contribution in [0.1, 0.15) is 39.0 Å². The first-order valence-electron chi connectivity index (χ1n) is 6.88.